The van der Waals surface area contributed by atoms with Crippen molar-refractivity contribution in [1.82, 2.24) is 9.97 Å². The van der Waals surface area contributed by atoms with Crippen LogP contribution in [0.4, 0.5) is 5.82 Å². The van der Waals surface area contributed by atoms with Crippen LogP contribution in [0.2, 0.25) is 5.15 Å². The summed E-state index contributed by atoms with van der Waals surface area (Å²) in [6, 6.07) is 0.238. The second kappa shape index (κ2) is 4.33. The van der Waals surface area contributed by atoms with Gasteiger partial charge in [-0.3, -0.25) is 4.98 Å². The fourth-order valence-corrected chi connectivity index (χ4v) is 2.05. The van der Waals surface area contributed by atoms with Crippen molar-refractivity contribution in [2.45, 2.75) is 19.4 Å². The lowest BCUT2D eigenvalue weighted by Crippen LogP contribution is -2.30. The molecule has 0 aliphatic carbocycles. The summed E-state index contributed by atoms with van der Waals surface area (Å²) in [5, 5.41) is 0.441. The van der Waals surface area contributed by atoms with Gasteiger partial charge in [0, 0.05) is 19.1 Å². The van der Waals surface area contributed by atoms with Crippen molar-refractivity contribution >= 4 is 17.4 Å². The first-order valence-electron chi connectivity index (χ1n) is 5.15. The molecule has 2 N–H and O–H groups in total. The summed E-state index contributed by atoms with van der Waals surface area (Å²) >= 11 is 5.80. The third-order valence-electron chi connectivity index (χ3n) is 2.88. The van der Waals surface area contributed by atoms with Gasteiger partial charge in [-0.25, -0.2) is 4.98 Å². The van der Waals surface area contributed by atoms with E-state index in [0.717, 1.165) is 25.3 Å². The van der Waals surface area contributed by atoms with E-state index >= 15 is 0 Å². The minimum atomic E-state index is 0.238. The second-order valence-corrected chi connectivity index (χ2v) is 4.44. The molecule has 0 saturated carbocycles. The van der Waals surface area contributed by atoms with E-state index < -0.39 is 0 Å². The van der Waals surface area contributed by atoms with Gasteiger partial charge in [-0.2, -0.15) is 0 Å². The number of aromatic nitrogens is 2. The molecule has 2 atom stereocenters. The fourth-order valence-electron chi connectivity index (χ4n) is 1.91. The van der Waals surface area contributed by atoms with Gasteiger partial charge in [-0.1, -0.05) is 11.6 Å². The minimum Gasteiger partial charge on any atom is -0.355 e. The number of nitrogens with zero attached hydrogens (tertiary/aromatic N) is 3. The Morgan fingerprint density at radius 2 is 2.40 bits per heavy atom. The Kier molecular flexibility index (Phi) is 3.07. The van der Waals surface area contributed by atoms with Crippen molar-refractivity contribution in [2.24, 2.45) is 11.7 Å². The molecule has 5 heteroatoms. The number of hydrogen-bond acceptors (Lipinski definition) is 4. The van der Waals surface area contributed by atoms with Gasteiger partial charge < -0.3 is 10.6 Å². The predicted octanol–water partition coefficient (Wildman–Crippen LogP) is 1.30. The number of halogens is 1. The second-order valence-electron chi connectivity index (χ2n) is 4.05. The molecule has 15 heavy (non-hydrogen) atoms. The van der Waals surface area contributed by atoms with Crippen LogP contribution in [-0.4, -0.2) is 29.1 Å². The van der Waals surface area contributed by atoms with Crippen molar-refractivity contribution in [3.05, 3.63) is 17.5 Å². The van der Waals surface area contributed by atoms with Gasteiger partial charge in [0.2, 0.25) is 0 Å². The molecule has 0 radical (unpaired) electrons. The SMILES string of the molecule is CC(N)C1CCN(c2cncc(Cl)n2)C1. The van der Waals surface area contributed by atoms with Crippen molar-refractivity contribution in [3.8, 4) is 0 Å². The molecule has 2 rings (SSSR count). The molecular weight excluding hydrogens is 212 g/mol. The van der Waals surface area contributed by atoms with Gasteiger partial charge in [0.25, 0.3) is 0 Å². The molecule has 4 nitrogen and oxygen atoms in total. The molecule has 2 unspecified atom stereocenters. The van der Waals surface area contributed by atoms with E-state index in [1.165, 1.54) is 0 Å². The minimum absolute atomic E-state index is 0.238. The molecule has 82 valence electrons. The van der Waals surface area contributed by atoms with Crippen LogP contribution in [0.25, 0.3) is 0 Å². The summed E-state index contributed by atoms with van der Waals surface area (Å²) in [5.74, 6) is 1.40. The molecule has 1 aromatic rings. The predicted molar refractivity (Wildman–Crippen MR) is 61.0 cm³/mol. The molecule has 1 aliphatic heterocycles. The van der Waals surface area contributed by atoms with Gasteiger partial charge in [0.05, 0.1) is 12.4 Å². The quantitative estimate of drug-likeness (QED) is 0.826. The first-order valence-corrected chi connectivity index (χ1v) is 5.52. The normalized spacial score (nSPS) is 23.1. The van der Waals surface area contributed by atoms with Crippen molar-refractivity contribution in [1.29, 1.82) is 0 Å². The first-order chi connectivity index (χ1) is 7.16. The third-order valence-corrected chi connectivity index (χ3v) is 3.07. The average Bonchev–Trinajstić information content (AvgIpc) is 2.66. The van der Waals surface area contributed by atoms with E-state index in [2.05, 4.69) is 21.8 Å². The van der Waals surface area contributed by atoms with Crippen LogP contribution in [0.3, 0.4) is 0 Å². The lowest BCUT2D eigenvalue weighted by atomic mass is 10.0. The Morgan fingerprint density at radius 3 is 3.00 bits per heavy atom. The highest BCUT2D eigenvalue weighted by molar-refractivity contribution is 6.29. The molecular formula is C10H15ClN4. The third kappa shape index (κ3) is 2.38. The Bertz CT molecular complexity index is 342. The summed E-state index contributed by atoms with van der Waals surface area (Å²) in [4.78, 5) is 10.5. The molecule has 1 aliphatic rings. The van der Waals surface area contributed by atoms with E-state index in [-0.39, 0.29) is 6.04 Å². The van der Waals surface area contributed by atoms with Crippen LogP contribution in [0.15, 0.2) is 12.4 Å². The molecule has 1 saturated heterocycles. The van der Waals surface area contributed by atoms with Crippen molar-refractivity contribution in [2.75, 3.05) is 18.0 Å². The van der Waals surface area contributed by atoms with Crippen LogP contribution < -0.4 is 10.6 Å². The zero-order valence-corrected chi connectivity index (χ0v) is 9.48. The molecule has 0 aromatic carbocycles. The molecule has 2 heterocycles. The van der Waals surface area contributed by atoms with Crippen LogP contribution in [0.1, 0.15) is 13.3 Å². The zero-order chi connectivity index (χ0) is 10.8. The molecule has 1 fully saturated rings. The monoisotopic (exact) mass is 226 g/mol. The molecule has 1 aromatic heterocycles. The number of hydrogen-bond donors (Lipinski definition) is 1. The zero-order valence-electron chi connectivity index (χ0n) is 8.73. The van der Waals surface area contributed by atoms with Crippen molar-refractivity contribution in [3.63, 3.8) is 0 Å². The van der Waals surface area contributed by atoms with Crippen molar-refractivity contribution < 1.29 is 0 Å². The summed E-state index contributed by atoms with van der Waals surface area (Å²) in [6.45, 7) is 3.99. The summed E-state index contributed by atoms with van der Waals surface area (Å²) in [7, 11) is 0. The number of rotatable bonds is 2. The highest BCUT2D eigenvalue weighted by Gasteiger charge is 2.26. The van der Waals surface area contributed by atoms with E-state index in [4.69, 9.17) is 17.3 Å². The number of anilines is 1. The van der Waals surface area contributed by atoms with E-state index in [0.29, 0.717) is 11.1 Å². The summed E-state index contributed by atoms with van der Waals surface area (Å²) in [6.07, 6.45) is 4.41. The largest absolute Gasteiger partial charge is 0.355 e. The highest BCUT2D eigenvalue weighted by atomic mass is 35.5. The number of nitrogens with two attached hydrogens (primary N) is 1. The maximum Gasteiger partial charge on any atom is 0.149 e. The maximum atomic E-state index is 5.88. The van der Waals surface area contributed by atoms with E-state index in [9.17, 15) is 0 Å². The smallest absolute Gasteiger partial charge is 0.149 e. The lowest BCUT2D eigenvalue weighted by molar-refractivity contribution is 0.488. The maximum absolute atomic E-state index is 5.88. The van der Waals surface area contributed by atoms with Crippen LogP contribution in [-0.2, 0) is 0 Å². The topological polar surface area (TPSA) is 55.0 Å². The Hall–Kier alpha value is -0.870. The van der Waals surface area contributed by atoms with Gasteiger partial charge >= 0.3 is 0 Å². The first kappa shape index (κ1) is 10.6. The highest BCUT2D eigenvalue weighted by Crippen LogP contribution is 2.23. The Morgan fingerprint density at radius 1 is 1.60 bits per heavy atom. The van der Waals surface area contributed by atoms with Crippen LogP contribution in [0, 0.1) is 5.92 Å². The van der Waals surface area contributed by atoms with Gasteiger partial charge in [-0.15, -0.1) is 0 Å². The summed E-state index contributed by atoms with van der Waals surface area (Å²) < 4.78 is 0. The van der Waals surface area contributed by atoms with E-state index in [1.807, 2.05) is 0 Å². The summed E-state index contributed by atoms with van der Waals surface area (Å²) in [5.41, 5.74) is 5.88. The standard InChI is InChI=1S/C10H15ClN4/c1-7(12)8-2-3-15(6-8)10-5-13-4-9(11)14-10/h4-5,7-8H,2-3,6,12H2,1H3. The average molecular weight is 227 g/mol. The van der Waals surface area contributed by atoms with E-state index in [1.54, 1.807) is 12.4 Å². The fraction of sp³-hybridized carbons (Fsp3) is 0.600. The molecule has 0 amide bonds. The lowest BCUT2D eigenvalue weighted by Gasteiger charge is -2.18. The van der Waals surface area contributed by atoms with Crippen LogP contribution >= 0.6 is 11.6 Å². The van der Waals surface area contributed by atoms with Crippen LogP contribution in [0.5, 0.6) is 0 Å². The molecule has 0 bridgehead atoms. The van der Waals surface area contributed by atoms with Gasteiger partial charge in [-0.05, 0) is 19.3 Å². The molecule has 0 spiro atoms. The van der Waals surface area contributed by atoms with Gasteiger partial charge in [0.15, 0.2) is 0 Å². The Balaban J connectivity index is 2.08. The van der Waals surface area contributed by atoms with Gasteiger partial charge in [0.1, 0.15) is 11.0 Å². The Labute approximate surface area is 94.5 Å².